The van der Waals surface area contributed by atoms with Gasteiger partial charge in [0.1, 0.15) is 5.75 Å². The molecule has 1 unspecified atom stereocenters. The molecule has 1 aromatic rings. The SMILES string of the molecule is COc1ccc(S(=O)(=O)NCC2CC(=O)N(C)C2)cc1. The molecular weight excluding hydrogens is 280 g/mol. The fourth-order valence-corrected chi connectivity index (χ4v) is 3.28. The number of amides is 1. The lowest BCUT2D eigenvalue weighted by molar-refractivity contribution is -0.126. The van der Waals surface area contributed by atoms with Gasteiger partial charge >= 0.3 is 0 Å². The number of hydrogen-bond donors (Lipinski definition) is 1. The van der Waals surface area contributed by atoms with Crippen LogP contribution in [0.2, 0.25) is 0 Å². The molecular formula is C13H18N2O4S. The van der Waals surface area contributed by atoms with Crippen LogP contribution in [0.5, 0.6) is 5.75 Å². The first-order valence-electron chi connectivity index (χ1n) is 6.30. The number of methoxy groups -OCH3 is 1. The Balaban J connectivity index is 1.98. The molecule has 110 valence electrons. The summed E-state index contributed by atoms with van der Waals surface area (Å²) in [6.45, 7) is 0.856. The van der Waals surface area contributed by atoms with Crippen molar-refractivity contribution in [3.8, 4) is 5.75 Å². The van der Waals surface area contributed by atoms with Crippen molar-refractivity contribution in [3.05, 3.63) is 24.3 Å². The lowest BCUT2D eigenvalue weighted by atomic mass is 10.1. The minimum Gasteiger partial charge on any atom is -0.497 e. The van der Waals surface area contributed by atoms with E-state index in [0.717, 1.165) is 0 Å². The van der Waals surface area contributed by atoms with Gasteiger partial charge in [0, 0.05) is 26.6 Å². The smallest absolute Gasteiger partial charge is 0.240 e. The molecule has 1 heterocycles. The Bertz CT molecular complexity index is 583. The number of nitrogens with zero attached hydrogens (tertiary/aromatic N) is 1. The molecule has 1 fully saturated rings. The Kier molecular flexibility index (Phi) is 4.29. The maximum atomic E-state index is 12.1. The molecule has 1 aliphatic rings. The van der Waals surface area contributed by atoms with Gasteiger partial charge in [-0.3, -0.25) is 4.79 Å². The normalized spacial score (nSPS) is 19.4. The van der Waals surface area contributed by atoms with Crippen LogP contribution >= 0.6 is 0 Å². The zero-order valence-electron chi connectivity index (χ0n) is 11.5. The Hall–Kier alpha value is -1.60. The molecule has 6 nitrogen and oxygen atoms in total. The van der Waals surface area contributed by atoms with Crippen molar-refractivity contribution in [1.29, 1.82) is 0 Å². The molecule has 0 saturated carbocycles. The summed E-state index contributed by atoms with van der Waals surface area (Å²) >= 11 is 0. The summed E-state index contributed by atoms with van der Waals surface area (Å²) in [7, 11) is -0.297. The van der Waals surface area contributed by atoms with Gasteiger partial charge in [0.2, 0.25) is 15.9 Å². The van der Waals surface area contributed by atoms with Gasteiger partial charge in [-0.15, -0.1) is 0 Å². The molecule has 2 rings (SSSR count). The van der Waals surface area contributed by atoms with Crippen LogP contribution in [-0.4, -0.2) is 46.5 Å². The van der Waals surface area contributed by atoms with Crippen LogP contribution in [0, 0.1) is 5.92 Å². The molecule has 0 spiro atoms. The van der Waals surface area contributed by atoms with Gasteiger partial charge in [-0.1, -0.05) is 0 Å². The Morgan fingerprint density at radius 3 is 2.50 bits per heavy atom. The van der Waals surface area contributed by atoms with Crippen molar-refractivity contribution < 1.29 is 17.9 Å². The number of sulfonamides is 1. The number of ether oxygens (including phenoxy) is 1. The van der Waals surface area contributed by atoms with E-state index in [0.29, 0.717) is 18.7 Å². The van der Waals surface area contributed by atoms with Crippen molar-refractivity contribution in [1.82, 2.24) is 9.62 Å². The summed E-state index contributed by atoms with van der Waals surface area (Å²) in [5.74, 6) is 0.686. The van der Waals surface area contributed by atoms with Gasteiger partial charge in [0.15, 0.2) is 0 Å². The quantitative estimate of drug-likeness (QED) is 0.856. The summed E-state index contributed by atoms with van der Waals surface area (Å²) in [5.41, 5.74) is 0. The molecule has 1 atom stereocenters. The second kappa shape index (κ2) is 5.80. The summed E-state index contributed by atoms with van der Waals surface area (Å²) in [6.07, 6.45) is 0.391. The second-order valence-electron chi connectivity index (χ2n) is 4.87. The zero-order chi connectivity index (χ0) is 14.8. The molecule has 1 N–H and O–H groups in total. The molecule has 0 radical (unpaired) electrons. The van der Waals surface area contributed by atoms with Crippen LogP contribution in [0.15, 0.2) is 29.2 Å². The number of carbonyl (C=O) groups excluding carboxylic acids is 1. The average Bonchev–Trinajstić information content (AvgIpc) is 2.76. The van der Waals surface area contributed by atoms with Crippen LogP contribution in [0.3, 0.4) is 0 Å². The molecule has 1 amide bonds. The Labute approximate surface area is 118 Å². The minimum atomic E-state index is -3.54. The van der Waals surface area contributed by atoms with E-state index in [2.05, 4.69) is 4.72 Å². The predicted octanol–water partition coefficient (Wildman–Crippen LogP) is 0.452. The average molecular weight is 298 g/mol. The maximum absolute atomic E-state index is 12.1. The first kappa shape index (κ1) is 14.8. The first-order chi connectivity index (χ1) is 9.42. The molecule has 0 bridgehead atoms. The number of rotatable bonds is 5. The third-order valence-corrected chi connectivity index (χ3v) is 4.79. The van der Waals surface area contributed by atoms with E-state index in [1.54, 1.807) is 24.1 Å². The molecule has 20 heavy (non-hydrogen) atoms. The standard InChI is InChI=1S/C13H18N2O4S/c1-15-9-10(7-13(15)16)8-14-20(17,18)12-5-3-11(19-2)4-6-12/h3-6,10,14H,7-9H2,1-2H3. The predicted molar refractivity (Wildman–Crippen MR) is 73.9 cm³/mol. The maximum Gasteiger partial charge on any atom is 0.240 e. The van der Waals surface area contributed by atoms with Crippen molar-refractivity contribution in [2.24, 2.45) is 5.92 Å². The lowest BCUT2D eigenvalue weighted by Crippen LogP contribution is -2.30. The van der Waals surface area contributed by atoms with E-state index >= 15 is 0 Å². The van der Waals surface area contributed by atoms with E-state index in [1.807, 2.05) is 0 Å². The van der Waals surface area contributed by atoms with Gasteiger partial charge in [0.25, 0.3) is 0 Å². The van der Waals surface area contributed by atoms with E-state index in [9.17, 15) is 13.2 Å². The highest BCUT2D eigenvalue weighted by atomic mass is 32.2. The summed E-state index contributed by atoms with van der Waals surface area (Å²) in [5, 5.41) is 0. The van der Waals surface area contributed by atoms with Gasteiger partial charge in [-0.05, 0) is 30.2 Å². The highest BCUT2D eigenvalue weighted by Gasteiger charge is 2.27. The van der Waals surface area contributed by atoms with Crippen molar-refractivity contribution in [3.63, 3.8) is 0 Å². The van der Waals surface area contributed by atoms with Gasteiger partial charge in [0.05, 0.1) is 12.0 Å². The highest BCUT2D eigenvalue weighted by Crippen LogP contribution is 2.18. The molecule has 7 heteroatoms. The third-order valence-electron chi connectivity index (χ3n) is 3.35. The fourth-order valence-electron chi connectivity index (χ4n) is 2.16. The summed E-state index contributed by atoms with van der Waals surface area (Å²) in [6, 6.07) is 6.18. The minimum absolute atomic E-state index is 0.0283. The molecule has 1 saturated heterocycles. The van der Waals surface area contributed by atoms with E-state index in [1.165, 1.54) is 19.2 Å². The lowest BCUT2D eigenvalue weighted by Gasteiger charge is -2.12. The monoisotopic (exact) mass is 298 g/mol. The van der Waals surface area contributed by atoms with Crippen molar-refractivity contribution in [2.75, 3.05) is 27.2 Å². The van der Waals surface area contributed by atoms with Gasteiger partial charge in [-0.2, -0.15) is 0 Å². The highest BCUT2D eigenvalue weighted by molar-refractivity contribution is 7.89. The van der Waals surface area contributed by atoms with Crippen LogP contribution in [-0.2, 0) is 14.8 Å². The molecule has 0 aliphatic carbocycles. The molecule has 1 aliphatic heterocycles. The fraction of sp³-hybridized carbons (Fsp3) is 0.462. The van der Waals surface area contributed by atoms with E-state index < -0.39 is 10.0 Å². The molecule has 0 aromatic heterocycles. The van der Waals surface area contributed by atoms with Gasteiger partial charge < -0.3 is 9.64 Å². The Morgan fingerprint density at radius 2 is 2.00 bits per heavy atom. The second-order valence-corrected chi connectivity index (χ2v) is 6.64. The number of hydrogen-bond acceptors (Lipinski definition) is 4. The van der Waals surface area contributed by atoms with Crippen molar-refractivity contribution >= 4 is 15.9 Å². The first-order valence-corrected chi connectivity index (χ1v) is 7.78. The number of carbonyl (C=O) groups is 1. The number of benzene rings is 1. The number of nitrogens with one attached hydrogen (secondary N) is 1. The number of likely N-dealkylation sites (tertiary alicyclic amines) is 1. The van der Waals surface area contributed by atoms with Crippen LogP contribution in [0.4, 0.5) is 0 Å². The zero-order valence-corrected chi connectivity index (χ0v) is 12.3. The third kappa shape index (κ3) is 3.29. The molecule has 1 aromatic carbocycles. The largest absolute Gasteiger partial charge is 0.497 e. The van der Waals surface area contributed by atoms with E-state index in [-0.39, 0.29) is 23.3 Å². The Morgan fingerprint density at radius 1 is 1.35 bits per heavy atom. The van der Waals surface area contributed by atoms with Crippen LogP contribution < -0.4 is 9.46 Å². The summed E-state index contributed by atoms with van der Waals surface area (Å²) in [4.78, 5) is 13.2. The van der Waals surface area contributed by atoms with Gasteiger partial charge in [-0.25, -0.2) is 13.1 Å². The van der Waals surface area contributed by atoms with E-state index in [4.69, 9.17) is 4.74 Å². The topological polar surface area (TPSA) is 75.7 Å². The van der Waals surface area contributed by atoms with Crippen molar-refractivity contribution in [2.45, 2.75) is 11.3 Å². The summed E-state index contributed by atoms with van der Waals surface area (Å²) < 4.78 is 31.7. The van der Waals surface area contributed by atoms with Crippen LogP contribution in [0.25, 0.3) is 0 Å². The van der Waals surface area contributed by atoms with Crippen LogP contribution in [0.1, 0.15) is 6.42 Å².